The first kappa shape index (κ1) is 21.6. The predicted molar refractivity (Wildman–Crippen MR) is 117 cm³/mol. The van der Waals surface area contributed by atoms with Crippen LogP contribution in [0.5, 0.6) is 5.75 Å². The highest BCUT2D eigenvalue weighted by molar-refractivity contribution is 6.30. The van der Waals surface area contributed by atoms with Gasteiger partial charge in [0, 0.05) is 17.1 Å². The van der Waals surface area contributed by atoms with Crippen LogP contribution >= 0.6 is 11.6 Å². The molecule has 156 valence electrons. The largest absolute Gasteiger partial charge is 0.493 e. The summed E-state index contributed by atoms with van der Waals surface area (Å²) in [6, 6.07) is 15.6. The van der Waals surface area contributed by atoms with Crippen molar-refractivity contribution in [1.29, 1.82) is 0 Å². The first-order chi connectivity index (χ1) is 14.1. The van der Waals surface area contributed by atoms with Crippen LogP contribution in [0.15, 0.2) is 48.5 Å². The molecule has 1 heterocycles. The molecule has 0 aromatic heterocycles. The van der Waals surface area contributed by atoms with Crippen LogP contribution in [0.2, 0.25) is 5.02 Å². The van der Waals surface area contributed by atoms with Crippen LogP contribution in [0.25, 0.3) is 0 Å². The van der Waals surface area contributed by atoms with E-state index in [0.717, 1.165) is 68.6 Å². The SMILES string of the molecule is CCc1ccccc1NC(=O)C[NH+]1CC[NH+](CCCOc2ccc(Cl)cc2)CC1. The summed E-state index contributed by atoms with van der Waals surface area (Å²) in [5, 5.41) is 3.82. The van der Waals surface area contributed by atoms with E-state index >= 15 is 0 Å². The highest BCUT2D eigenvalue weighted by Gasteiger charge is 2.24. The van der Waals surface area contributed by atoms with E-state index in [1.54, 1.807) is 4.90 Å². The third-order valence-electron chi connectivity index (χ3n) is 5.50. The quantitative estimate of drug-likeness (QED) is 0.535. The molecule has 2 aromatic rings. The molecule has 6 heteroatoms. The standard InChI is InChI=1S/C23H30ClN3O2/c1-2-19-6-3-4-7-22(19)25-23(28)18-27-15-13-26(14-16-27)12-5-17-29-21-10-8-20(24)9-11-21/h3-4,6-11H,2,5,12-18H2,1H3,(H,25,28)/p+2. The molecule has 1 aliphatic heterocycles. The Morgan fingerprint density at radius 1 is 1.03 bits per heavy atom. The lowest BCUT2D eigenvalue weighted by molar-refractivity contribution is -1.01. The molecule has 1 amide bonds. The molecule has 0 unspecified atom stereocenters. The Balaban J connectivity index is 1.31. The zero-order valence-electron chi connectivity index (χ0n) is 17.2. The number of halogens is 1. The second-order valence-electron chi connectivity index (χ2n) is 7.64. The first-order valence-corrected chi connectivity index (χ1v) is 10.9. The fraction of sp³-hybridized carbons (Fsp3) is 0.435. The van der Waals surface area contributed by atoms with Crippen molar-refractivity contribution in [1.82, 2.24) is 0 Å². The molecule has 5 nitrogen and oxygen atoms in total. The Morgan fingerprint density at radius 2 is 1.72 bits per heavy atom. The highest BCUT2D eigenvalue weighted by atomic mass is 35.5. The fourth-order valence-electron chi connectivity index (χ4n) is 3.80. The van der Waals surface area contributed by atoms with Gasteiger partial charge < -0.3 is 19.9 Å². The molecular formula is C23H32ClN3O2+2. The summed E-state index contributed by atoms with van der Waals surface area (Å²) in [5.41, 5.74) is 2.13. The van der Waals surface area contributed by atoms with Crippen LogP contribution in [-0.2, 0) is 11.2 Å². The topological polar surface area (TPSA) is 47.2 Å². The number of carbonyl (C=O) groups excluding carboxylic acids is 1. The molecule has 1 fully saturated rings. The molecule has 0 spiro atoms. The maximum Gasteiger partial charge on any atom is 0.279 e. The van der Waals surface area contributed by atoms with Crippen molar-refractivity contribution >= 4 is 23.2 Å². The molecule has 3 rings (SSSR count). The van der Waals surface area contributed by atoms with Gasteiger partial charge >= 0.3 is 0 Å². The van der Waals surface area contributed by atoms with Crippen molar-refractivity contribution in [2.75, 3.05) is 51.2 Å². The minimum atomic E-state index is 0.112. The van der Waals surface area contributed by atoms with Crippen molar-refractivity contribution in [3.8, 4) is 5.75 Å². The van der Waals surface area contributed by atoms with Gasteiger partial charge in [-0.15, -0.1) is 0 Å². The third kappa shape index (κ3) is 7.03. The molecule has 0 aliphatic carbocycles. The summed E-state index contributed by atoms with van der Waals surface area (Å²) < 4.78 is 5.77. The molecule has 0 atom stereocenters. The zero-order valence-corrected chi connectivity index (χ0v) is 17.9. The van der Waals surface area contributed by atoms with Gasteiger partial charge in [0.15, 0.2) is 6.54 Å². The predicted octanol–water partition coefficient (Wildman–Crippen LogP) is 1.09. The van der Waals surface area contributed by atoms with E-state index in [9.17, 15) is 4.79 Å². The van der Waals surface area contributed by atoms with Crippen LogP contribution < -0.4 is 19.9 Å². The van der Waals surface area contributed by atoms with E-state index in [-0.39, 0.29) is 5.91 Å². The molecule has 0 radical (unpaired) electrons. The lowest BCUT2D eigenvalue weighted by Gasteiger charge is -2.29. The van der Waals surface area contributed by atoms with Gasteiger partial charge in [0.2, 0.25) is 0 Å². The van der Waals surface area contributed by atoms with E-state index in [1.807, 2.05) is 42.5 Å². The Hall–Kier alpha value is -2.08. The van der Waals surface area contributed by atoms with Crippen molar-refractivity contribution in [3.63, 3.8) is 0 Å². The van der Waals surface area contributed by atoms with Gasteiger partial charge in [0.25, 0.3) is 5.91 Å². The van der Waals surface area contributed by atoms with Gasteiger partial charge in [-0.1, -0.05) is 36.7 Å². The summed E-state index contributed by atoms with van der Waals surface area (Å²) in [6.45, 7) is 8.78. The molecule has 2 aromatic carbocycles. The van der Waals surface area contributed by atoms with Gasteiger partial charge in [-0.25, -0.2) is 0 Å². The van der Waals surface area contributed by atoms with Crippen molar-refractivity contribution in [2.24, 2.45) is 0 Å². The number of aryl methyl sites for hydroxylation is 1. The fourth-order valence-corrected chi connectivity index (χ4v) is 3.92. The zero-order chi connectivity index (χ0) is 20.5. The maximum absolute atomic E-state index is 12.4. The van der Waals surface area contributed by atoms with Crippen molar-refractivity contribution < 1.29 is 19.3 Å². The Bertz CT molecular complexity index is 774. The molecule has 0 bridgehead atoms. The lowest BCUT2D eigenvalue weighted by atomic mass is 10.1. The van der Waals surface area contributed by atoms with Gasteiger partial charge in [-0.2, -0.15) is 0 Å². The van der Waals surface area contributed by atoms with E-state index in [1.165, 1.54) is 10.5 Å². The minimum absolute atomic E-state index is 0.112. The van der Waals surface area contributed by atoms with E-state index in [0.29, 0.717) is 6.54 Å². The third-order valence-corrected chi connectivity index (χ3v) is 5.76. The number of hydrogen-bond acceptors (Lipinski definition) is 2. The number of anilines is 1. The van der Waals surface area contributed by atoms with Gasteiger partial charge in [0.05, 0.1) is 13.2 Å². The number of benzene rings is 2. The molecule has 29 heavy (non-hydrogen) atoms. The number of nitrogens with one attached hydrogen (secondary N) is 3. The van der Waals surface area contributed by atoms with Gasteiger partial charge in [-0.05, 0) is 42.3 Å². The molecule has 1 aliphatic rings. The number of para-hydroxylation sites is 1. The summed E-state index contributed by atoms with van der Waals surface area (Å²) in [7, 11) is 0. The number of ether oxygens (including phenoxy) is 1. The molecule has 3 N–H and O–H groups in total. The number of hydrogen-bond donors (Lipinski definition) is 3. The Morgan fingerprint density at radius 3 is 2.45 bits per heavy atom. The number of carbonyl (C=O) groups is 1. The summed E-state index contributed by atoms with van der Waals surface area (Å²) >= 11 is 5.89. The number of quaternary nitrogens is 2. The van der Waals surface area contributed by atoms with Crippen LogP contribution in [0.1, 0.15) is 18.9 Å². The molecule has 1 saturated heterocycles. The summed E-state index contributed by atoms with van der Waals surface area (Å²) in [6.07, 6.45) is 1.95. The second kappa shape index (κ2) is 11.2. The van der Waals surface area contributed by atoms with Crippen molar-refractivity contribution in [2.45, 2.75) is 19.8 Å². The highest BCUT2D eigenvalue weighted by Crippen LogP contribution is 2.16. The van der Waals surface area contributed by atoms with Gasteiger partial charge in [-0.3, -0.25) is 4.79 Å². The van der Waals surface area contributed by atoms with Crippen molar-refractivity contribution in [3.05, 3.63) is 59.1 Å². The minimum Gasteiger partial charge on any atom is -0.493 e. The van der Waals surface area contributed by atoms with Crippen LogP contribution in [0.4, 0.5) is 5.69 Å². The Labute approximate surface area is 178 Å². The van der Waals surface area contributed by atoms with Crippen LogP contribution in [-0.4, -0.2) is 51.8 Å². The summed E-state index contributed by atoms with van der Waals surface area (Å²) in [4.78, 5) is 15.4. The second-order valence-corrected chi connectivity index (χ2v) is 8.08. The average molecular weight is 418 g/mol. The van der Waals surface area contributed by atoms with Crippen LogP contribution in [0, 0.1) is 0 Å². The smallest absolute Gasteiger partial charge is 0.279 e. The molecular weight excluding hydrogens is 386 g/mol. The van der Waals surface area contributed by atoms with E-state index in [2.05, 4.69) is 18.3 Å². The maximum atomic E-state index is 12.4. The normalized spacial score (nSPS) is 19.0. The Kier molecular flexibility index (Phi) is 8.35. The van der Waals surface area contributed by atoms with Gasteiger partial charge in [0.1, 0.15) is 31.9 Å². The van der Waals surface area contributed by atoms with E-state index < -0.39 is 0 Å². The molecule has 0 saturated carbocycles. The average Bonchev–Trinajstić information content (AvgIpc) is 2.74. The van der Waals surface area contributed by atoms with Crippen LogP contribution in [0.3, 0.4) is 0 Å². The monoisotopic (exact) mass is 417 g/mol. The first-order valence-electron chi connectivity index (χ1n) is 10.6. The number of amides is 1. The number of rotatable bonds is 9. The number of piperazine rings is 1. The van der Waals surface area contributed by atoms with E-state index in [4.69, 9.17) is 16.3 Å². The lowest BCUT2D eigenvalue weighted by Crippen LogP contribution is -3.28. The summed E-state index contributed by atoms with van der Waals surface area (Å²) in [5.74, 6) is 0.982.